The summed E-state index contributed by atoms with van der Waals surface area (Å²) in [5.41, 5.74) is -0.898. The highest BCUT2D eigenvalue weighted by Gasteiger charge is 2.43. The largest absolute Gasteiger partial charge is 0.391 e. The summed E-state index contributed by atoms with van der Waals surface area (Å²) in [6.07, 6.45) is 4.16. The summed E-state index contributed by atoms with van der Waals surface area (Å²) in [6.45, 7) is 9.65. The summed E-state index contributed by atoms with van der Waals surface area (Å²) in [5, 5.41) is 19.8. The quantitative estimate of drug-likeness (QED) is 0.863. The minimum Gasteiger partial charge on any atom is -0.391 e. The van der Waals surface area contributed by atoms with Gasteiger partial charge in [-0.15, -0.1) is 0 Å². The van der Waals surface area contributed by atoms with Crippen molar-refractivity contribution in [3.63, 3.8) is 0 Å². The zero-order valence-corrected chi connectivity index (χ0v) is 14.8. The van der Waals surface area contributed by atoms with E-state index in [-0.39, 0.29) is 17.4 Å². The number of amides is 1. The third kappa shape index (κ3) is 4.24. The first kappa shape index (κ1) is 18.2. The van der Waals surface area contributed by atoms with Crippen molar-refractivity contribution in [3.05, 3.63) is 0 Å². The van der Waals surface area contributed by atoms with Crippen LogP contribution in [0.15, 0.2) is 0 Å². The molecular weight excluding hydrogens is 290 g/mol. The summed E-state index contributed by atoms with van der Waals surface area (Å²) >= 11 is 0. The molecule has 0 unspecified atom stereocenters. The normalized spacial score (nSPS) is 24.0. The minimum absolute atomic E-state index is 0.0377. The van der Waals surface area contributed by atoms with Crippen molar-refractivity contribution >= 4 is 5.91 Å². The van der Waals surface area contributed by atoms with Gasteiger partial charge in [0, 0.05) is 32.7 Å². The van der Waals surface area contributed by atoms with Gasteiger partial charge in [0.05, 0.1) is 12.2 Å². The summed E-state index contributed by atoms with van der Waals surface area (Å²) in [4.78, 5) is 16.9. The predicted octanol–water partition coefficient (Wildman–Crippen LogP) is 2.01. The van der Waals surface area contributed by atoms with Gasteiger partial charge >= 0.3 is 0 Å². The van der Waals surface area contributed by atoms with Gasteiger partial charge in [-0.1, -0.05) is 40.0 Å². The Morgan fingerprint density at radius 2 is 1.74 bits per heavy atom. The van der Waals surface area contributed by atoms with E-state index in [0.717, 1.165) is 32.4 Å². The molecule has 0 aromatic rings. The Labute approximate surface area is 140 Å². The maximum Gasteiger partial charge on any atom is 0.243 e. The van der Waals surface area contributed by atoms with Gasteiger partial charge in [-0.05, 0) is 18.3 Å². The molecule has 0 aromatic heterocycles. The highest BCUT2D eigenvalue weighted by molar-refractivity contribution is 5.85. The Hall–Kier alpha value is -1.12. The highest BCUT2D eigenvalue weighted by Crippen LogP contribution is 2.37. The van der Waals surface area contributed by atoms with Crippen molar-refractivity contribution in [1.82, 2.24) is 9.80 Å². The van der Waals surface area contributed by atoms with Gasteiger partial charge in [0.1, 0.15) is 5.41 Å². The van der Waals surface area contributed by atoms with E-state index in [1.807, 2.05) is 25.7 Å². The van der Waals surface area contributed by atoms with Gasteiger partial charge in [-0.3, -0.25) is 9.69 Å². The van der Waals surface area contributed by atoms with Crippen LogP contribution in [0.25, 0.3) is 0 Å². The number of nitrogens with zero attached hydrogens (tertiary/aromatic N) is 3. The molecule has 5 nitrogen and oxygen atoms in total. The van der Waals surface area contributed by atoms with Crippen molar-refractivity contribution in [2.45, 2.75) is 59.0 Å². The molecule has 0 aromatic carbocycles. The number of hydrogen-bond donors (Lipinski definition) is 1. The number of carbonyl (C=O) groups excluding carboxylic acids is 1. The van der Waals surface area contributed by atoms with Crippen LogP contribution in [-0.2, 0) is 4.79 Å². The second-order valence-electron chi connectivity index (χ2n) is 8.23. The fourth-order valence-corrected chi connectivity index (χ4v) is 3.48. The van der Waals surface area contributed by atoms with Gasteiger partial charge in [0.25, 0.3) is 0 Å². The number of hydrogen-bond acceptors (Lipinski definition) is 4. The van der Waals surface area contributed by atoms with E-state index in [9.17, 15) is 15.2 Å². The van der Waals surface area contributed by atoms with Crippen LogP contribution in [0.5, 0.6) is 0 Å². The third-order valence-corrected chi connectivity index (χ3v) is 5.42. The SMILES string of the molecule is CC(C)(C)[C@@H](O)CN1CCN(C(=O)C2(C#N)CCCCC2)CC1. The molecule has 23 heavy (non-hydrogen) atoms. The number of rotatable bonds is 3. The Morgan fingerprint density at radius 1 is 1.17 bits per heavy atom. The molecule has 1 saturated carbocycles. The Bertz CT molecular complexity index is 450. The van der Waals surface area contributed by atoms with Crippen LogP contribution in [-0.4, -0.2) is 59.6 Å². The summed E-state index contributed by atoms with van der Waals surface area (Å²) in [7, 11) is 0. The van der Waals surface area contributed by atoms with Crippen LogP contribution in [0.2, 0.25) is 0 Å². The number of piperazine rings is 1. The van der Waals surface area contributed by atoms with Crippen LogP contribution in [0, 0.1) is 22.2 Å². The molecule has 0 spiro atoms. The first-order valence-electron chi connectivity index (χ1n) is 8.89. The van der Waals surface area contributed by atoms with Gasteiger partial charge in [0.15, 0.2) is 0 Å². The molecule has 5 heteroatoms. The number of nitriles is 1. The van der Waals surface area contributed by atoms with E-state index < -0.39 is 5.41 Å². The number of carbonyl (C=O) groups is 1. The molecule has 1 saturated heterocycles. The molecule has 1 aliphatic carbocycles. The number of aliphatic hydroxyl groups is 1. The Morgan fingerprint density at radius 3 is 2.22 bits per heavy atom. The molecule has 0 bridgehead atoms. The second-order valence-corrected chi connectivity index (χ2v) is 8.23. The van der Waals surface area contributed by atoms with Gasteiger partial charge in [0.2, 0.25) is 5.91 Å². The first-order chi connectivity index (χ1) is 10.8. The smallest absolute Gasteiger partial charge is 0.243 e. The maximum atomic E-state index is 12.8. The standard InChI is InChI=1S/C18H31N3O2/c1-17(2,3)15(22)13-20-9-11-21(12-10-20)16(23)18(14-19)7-5-4-6-8-18/h15,22H,4-13H2,1-3H3/t15-/m0/s1. The molecule has 1 heterocycles. The number of aliphatic hydroxyl groups excluding tert-OH is 1. The van der Waals surface area contributed by atoms with Gasteiger partial charge < -0.3 is 10.0 Å². The lowest BCUT2D eigenvalue weighted by atomic mass is 9.74. The highest BCUT2D eigenvalue weighted by atomic mass is 16.3. The van der Waals surface area contributed by atoms with E-state index in [2.05, 4.69) is 11.0 Å². The van der Waals surface area contributed by atoms with Crippen LogP contribution in [0.1, 0.15) is 52.9 Å². The van der Waals surface area contributed by atoms with Crippen molar-refractivity contribution in [3.8, 4) is 6.07 Å². The minimum atomic E-state index is -0.772. The van der Waals surface area contributed by atoms with Crippen LogP contribution >= 0.6 is 0 Å². The monoisotopic (exact) mass is 321 g/mol. The van der Waals surface area contributed by atoms with Crippen molar-refractivity contribution in [2.75, 3.05) is 32.7 Å². The average molecular weight is 321 g/mol. The van der Waals surface area contributed by atoms with E-state index in [1.165, 1.54) is 0 Å². The van der Waals surface area contributed by atoms with E-state index in [0.29, 0.717) is 32.5 Å². The molecule has 1 N–H and O–H groups in total. The first-order valence-corrected chi connectivity index (χ1v) is 8.89. The zero-order chi connectivity index (χ0) is 17.1. The molecule has 1 atom stereocenters. The Kier molecular flexibility index (Phi) is 5.70. The lowest BCUT2D eigenvalue weighted by Crippen LogP contribution is -2.55. The van der Waals surface area contributed by atoms with Crippen LogP contribution in [0.3, 0.4) is 0 Å². The average Bonchev–Trinajstić information content (AvgIpc) is 2.54. The van der Waals surface area contributed by atoms with Crippen LogP contribution in [0.4, 0.5) is 0 Å². The topological polar surface area (TPSA) is 67.6 Å². The molecule has 0 radical (unpaired) electrons. The molecule has 2 fully saturated rings. The predicted molar refractivity (Wildman–Crippen MR) is 89.6 cm³/mol. The second kappa shape index (κ2) is 7.19. The summed E-state index contributed by atoms with van der Waals surface area (Å²) in [6, 6.07) is 2.33. The molecule has 1 amide bonds. The molecule has 2 aliphatic rings. The van der Waals surface area contributed by atoms with E-state index in [4.69, 9.17) is 0 Å². The lowest BCUT2D eigenvalue weighted by Gasteiger charge is -2.41. The Balaban J connectivity index is 1.89. The molecular formula is C18H31N3O2. The zero-order valence-electron chi connectivity index (χ0n) is 14.8. The van der Waals surface area contributed by atoms with Crippen molar-refractivity contribution in [1.29, 1.82) is 5.26 Å². The van der Waals surface area contributed by atoms with Gasteiger partial charge in [-0.25, -0.2) is 0 Å². The molecule has 2 rings (SSSR count). The van der Waals surface area contributed by atoms with E-state index >= 15 is 0 Å². The number of β-amino-alcohol motifs (C(OH)–C–C–N with tert-alkyl or cyclic N) is 1. The summed E-state index contributed by atoms with van der Waals surface area (Å²) in [5.74, 6) is 0.0377. The van der Waals surface area contributed by atoms with Crippen molar-refractivity contribution < 1.29 is 9.90 Å². The van der Waals surface area contributed by atoms with Crippen LogP contribution < -0.4 is 0 Å². The van der Waals surface area contributed by atoms with Gasteiger partial charge in [-0.2, -0.15) is 5.26 Å². The van der Waals surface area contributed by atoms with Crippen molar-refractivity contribution in [2.24, 2.45) is 10.8 Å². The fraction of sp³-hybridized carbons (Fsp3) is 0.889. The molecule has 130 valence electrons. The maximum absolute atomic E-state index is 12.8. The van der Waals surface area contributed by atoms with E-state index in [1.54, 1.807) is 0 Å². The fourth-order valence-electron chi connectivity index (χ4n) is 3.48. The lowest BCUT2D eigenvalue weighted by molar-refractivity contribution is -0.142. The summed E-state index contributed by atoms with van der Waals surface area (Å²) < 4.78 is 0. The third-order valence-electron chi connectivity index (χ3n) is 5.42. The molecule has 1 aliphatic heterocycles.